The zero-order chi connectivity index (χ0) is 13.2. The predicted octanol–water partition coefficient (Wildman–Crippen LogP) is 0.645. The third-order valence-corrected chi connectivity index (χ3v) is 5.08. The average Bonchev–Trinajstić information content (AvgIpc) is 2.78. The van der Waals surface area contributed by atoms with E-state index in [-0.39, 0.29) is 17.3 Å². The van der Waals surface area contributed by atoms with E-state index in [1.807, 2.05) is 0 Å². The van der Waals surface area contributed by atoms with E-state index < -0.39 is 21.1 Å². The Kier molecular flexibility index (Phi) is 3.72. The largest absolute Gasteiger partial charge is 0.475 e. The highest BCUT2D eigenvalue weighted by molar-refractivity contribution is 7.91. The lowest BCUT2D eigenvalue weighted by Gasteiger charge is -2.22. The molecular weight excluding hydrogens is 258 g/mol. The fourth-order valence-corrected chi connectivity index (χ4v) is 3.70. The van der Waals surface area contributed by atoms with Crippen LogP contribution < -0.4 is 5.32 Å². The third kappa shape index (κ3) is 2.91. The molecular formula is C11H15NO5S. The molecule has 1 unspecified atom stereocenters. The van der Waals surface area contributed by atoms with E-state index in [1.54, 1.807) is 0 Å². The predicted molar refractivity (Wildman–Crippen MR) is 64.2 cm³/mol. The minimum Gasteiger partial charge on any atom is -0.475 e. The molecule has 1 aliphatic rings. The van der Waals surface area contributed by atoms with Gasteiger partial charge in [-0.05, 0) is 31.5 Å². The highest BCUT2D eigenvalue weighted by Gasteiger charge is 2.28. The Bertz CT molecular complexity index is 527. The van der Waals surface area contributed by atoms with Crippen molar-refractivity contribution in [2.24, 2.45) is 0 Å². The van der Waals surface area contributed by atoms with Gasteiger partial charge in [0, 0.05) is 6.54 Å². The van der Waals surface area contributed by atoms with Crippen molar-refractivity contribution < 1.29 is 22.7 Å². The lowest BCUT2D eigenvalue weighted by Crippen LogP contribution is -2.39. The molecule has 1 aliphatic heterocycles. The van der Waals surface area contributed by atoms with Crippen molar-refractivity contribution in [2.75, 3.05) is 13.1 Å². The number of carbonyl (C=O) groups is 1. The first-order chi connectivity index (χ1) is 8.49. The number of hydrogen-bond acceptors (Lipinski definition) is 5. The summed E-state index contributed by atoms with van der Waals surface area (Å²) in [6.45, 7) is 1.30. The summed E-state index contributed by atoms with van der Waals surface area (Å²) in [5.74, 6) is -1.50. The summed E-state index contributed by atoms with van der Waals surface area (Å²) in [7, 11) is -3.30. The van der Waals surface area contributed by atoms with Crippen molar-refractivity contribution in [3.63, 3.8) is 0 Å². The van der Waals surface area contributed by atoms with E-state index in [1.165, 1.54) is 12.1 Å². The minimum absolute atomic E-state index is 0.179. The van der Waals surface area contributed by atoms with Crippen LogP contribution in [0.15, 0.2) is 16.5 Å². The number of furan rings is 1. The van der Waals surface area contributed by atoms with Gasteiger partial charge in [0.1, 0.15) is 11.5 Å². The van der Waals surface area contributed by atoms with Crippen LogP contribution in [0.2, 0.25) is 0 Å². The second kappa shape index (κ2) is 5.11. The molecule has 2 rings (SSSR count). The molecule has 7 heteroatoms. The van der Waals surface area contributed by atoms with Crippen LogP contribution in [0.5, 0.6) is 0 Å². The van der Waals surface area contributed by atoms with E-state index in [4.69, 9.17) is 9.52 Å². The Hall–Kier alpha value is -1.34. The molecule has 0 spiro atoms. The maximum Gasteiger partial charge on any atom is 0.371 e. The smallest absolute Gasteiger partial charge is 0.371 e. The van der Waals surface area contributed by atoms with Crippen LogP contribution in [0.4, 0.5) is 0 Å². The molecule has 1 atom stereocenters. The number of hydrogen-bond donors (Lipinski definition) is 2. The van der Waals surface area contributed by atoms with Crippen molar-refractivity contribution in [3.8, 4) is 0 Å². The molecule has 2 N–H and O–H groups in total. The minimum atomic E-state index is -3.30. The Morgan fingerprint density at radius 3 is 2.83 bits per heavy atom. The van der Waals surface area contributed by atoms with E-state index in [9.17, 15) is 13.2 Å². The van der Waals surface area contributed by atoms with Crippen LogP contribution in [0.25, 0.3) is 0 Å². The maximum absolute atomic E-state index is 12.1. The van der Waals surface area contributed by atoms with Gasteiger partial charge in [0.25, 0.3) is 0 Å². The first kappa shape index (κ1) is 13.1. The highest BCUT2D eigenvalue weighted by atomic mass is 32.2. The molecule has 1 fully saturated rings. The number of rotatable bonds is 4. The van der Waals surface area contributed by atoms with Crippen molar-refractivity contribution in [3.05, 3.63) is 23.7 Å². The van der Waals surface area contributed by atoms with Crippen molar-refractivity contribution in [1.29, 1.82) is 0 Å². The van der Waals surface area contributed by atoms with Crippen LogP contribution in [-0.4, -0.2) is 37.8 Å². The fourth-order valence-electron chi connectivity index (χ4n) is 2.01. The fraction of sp³-hybridized carbons (Fsp3) is 0.545. The zero-order valence-electron chi connectivity index (χ0n) is 9.76. The monoisotopic (exact) mass is 273 g/mol. The van der Waals surface area contributed by atoms with Gasteiger partial charge in [-0.15, -0.1) is 0 Å². The van der Waals surface area contributed by atoms with Gasteiger partial charge in [-0.1, -0.05) is 0 Å². The van der Waals surface area contributed by atoms with Crippen molar-refractivity contribution in [2.45, 2.75) is 23.8 Å². The van der Waals surface area contributed by atoms with Gasteiger partial charge < -0.3 is 14.8 Å². The summed E-state index contributed by atoms with van der Waals surface area (Å²) >= 11 is 0. The van der Waals surface area contributed by atoms with Crippen molar-refractivity contribution in [1.82, 2.24) is 5.32 Å². The standard InChI is InChI=1S/C11H15NO5S/c13-11(14)10-4-3-8(17-10)7-18(15,16)9-2-1-5-12-6-9/h3-4,9,12H,1-2,5-7H2,(H,13,14). The van der Waals surface area contributed by atoms with Gasteiger partial charge in [0.15, 0.2) is 9.84 Å². The average molecular weight is 273 g/mol. The van der Waals surface area contributed by atoms with E-state index in [2.05, 4.69) is 5.32 Å². The molecule has 100 valence electrons. The van der Waals surface area contributed by atoms with Gasteiger partial charge in [0.05, 0.1) is 5.25 Å². The molecule has 0 amide bonds. The van der Waals surface area contributed by atoms with E-state index in [0.29, 0.717) is 13.0 Å². The summed E-state index contributed by atoms with van der Waals surface area (Å²) < 4.78 is 29.1. The van der Waals surface area contributed by atoms with E-state index in [0.717, 1.165) is 13.0 Å². The maximum atomic E-state index is 12.1. The zero-order valence-corrected chi connectivity index (χ0v) is 10.6. The molecule has 0 bridgehead atoms. The number of nitrogens with one attached hydrogen (secondary N) is 1. The second-order valence-corrected chi connectivity index (χ2v) is 6.63. The van der Waals surface area contributed by atoms with Crippen LogP contribution in [0, 0.1) is 0 Å². The number of aromatic carboxylic acids is 1. The number of carboxylic acids is 1. The van der Waals surface area contributed by atoms with E-state index >= 15 is 0 Å². The summed E-state index contributed by atoms with van der Waals surface area (Å²) in [4.78, 5) is 10.6. The van der Waals surface area contributed by atoms with Gasteiger partial charge in [-0.2, -0.15) is 0 Å². The number of carboxylic acid groups (broad SMARTS) is 1. The molecule has 6 nitrogen and oxygen atoms in total. The molecule has 0 saturated carbocycles. The first-order valence-electron chi connectivity index (χ1n) is 5.73. The molecule has 2 heterocycles. The Labute approximate surface area is 105 Å². The Balaban J connectivity index is 2.08. The summed E-state index contributed by atoms with van der Waals surface area (Å²) in [6, 6.07) is 2.67. The number of sulfone groups is 1. The topological polar surface area (TPSA) is 96.6 Å². The van der Waals surface area contributed by atoms with Crippen LogP contribution in [-0.2, 0) is 15.6 Å². The summed E-state index contributed by atoms with van der Waals surface area (Å²) in [6.07, 6.45) is 1.48. The quantitative estimate of drug-likeness (QED) is 0.836. The summed E-state index contributed by atoms with van der Waals surface area (Å²) in [5, 5.41) is 11.3. The highest BCUT2D eigenvalue weighted by Crippen LogP contribution is 2.18. The molecule has 1 aromatic heterocycles. The summed E-state index contributed by atoms with van der Waals surface area (Å²) in [5.41, 5.74) is 0. The number of piperidine rings is 1. The molecule has 0 aliphatic carbocycles. The first-order valence-corrected chi connectivity index (χ1v) is 7.45. The molecule has 0 aromatic carbocycles. The van der Waals surface area contributed by atoms with Gasteiger partial charge in [0.2, 0.25) is 5.76 Å². The molecule has 1 aromatic rings. The molecule has 1 saturated heterocycles. The molecule has 18 heavy (non-hydrogen) atoms. The Morgan fingerprint density at radius 2 is 2.28 bits per heavy atom. The Morgan fingerprint density at radius 1 is 1.50 bits per heavy atom. The van der Waals surface area contributed by atoms with Gasteiger partial charge >= 0.3 is 5.97 Å². The van der Waals surface area contributed by atoms with Crippen LogP contribution in [0.3, 0.4) is 0 Å². The van der Waals surface area contributed by atoms with Gasteiger partial charge in [-0.25, -0.2) is 13.2 Å². The normalized spacial score (nSPS) is 20.8. The second-order valence-electron chi connectivity index (χ2n) is 4.35. The SMILES string of the molecule is O=C(O)c1ccc(CS(=O)(=O)C2CCCNC2)o1. The lowest BCUT2D eigenvalue weighted by atomic mass is 10.2. The van der Waals surface area contributed by atoms with Crippen molar-refractivity contribution >= 4 is 15.8 Å². The van der Waals surface area contributed by atoms with Gasteiger partial charge in [-0.3, -0.25) is 0 Å². The third-order valence-electron chi connectivity index (χ3n) is 2.98. The lowest BCUT2D eigenvalue weighted by molar-refractivity contribution is 0.0660. The van der Waals surface area contributed by atoms with Crippen LogP contribution in [0.1, 0.15) is 29.2 Å². The van der Waals surface area contributed by atoms with Crippen LogP contribution >= 0.6 is 0 Å². The molecule has 0 radical (unpaired) electrons.